The van der Waals surface area contributed by atoms with Gasteiger partial charge in [-0.2, -0.15) is 0 Å². The molecule has 1 aromatic rings. The minimum Gasteiger partial charge on any atom is -0.343 e. The molecule has 0 bridgehead atoms. The molecule has 14 heavy (non-hydrogen) atoms. The summed E-state index contributed by atoms with van der Waals surface area (Å²) in [5.74, 6) is -0.951. The largest absolute Gasteiger partial charge is 0.360 e. The van der Waals surface area contributed by atoms with E-state index < -0.39 is 5.97 Å². The molecule has 0 atom stereocenters. The highest BCUT2D eigenvalue weighted by molar-refractivity contribution is 6.50. The summed E-state index contributed by atoms with van der Waals surface area (Å²) < 4.78 is 3.92. The van der Waals surface area contributed by atoms with Crippen molar-refractivity contribution in [1.29, 1.82) is 0 Å². The lowest BCUT2D eigenvalue weighted by Gasteiger charge is -2.05. The minimum absolute atomic E-state index is 0.0881. The molecule has 1 rings (SSSR count). The van der Waals surface area contributed by atoms with Crippen molar-refractivity contribution >= 4 is 64.2 Å². The molecule has 0 spiro atoms. The third kappa shape index (κ3) is 2.18. The Bertz CT molecular complexity index is 394. The van der Waals surface area contributed by atoms with Crippen LogP contribution in [0.25, 0.3) is 0 Å². The number of rotatable bonds is 1. The van der Waals surface area contributed by atoms with Crippen molar-refractivity contribution in [2.75, 3.05) is 0 Å². The van der Waals surface area contributed by atoms with Gasteiger partial charge in [-0.15, -0.1) is 0 Å². The number of carbonyl (C=O) groups excluding carboxylic acids is 1. The van der Waals surface area contributed by atoms with Crippen LogP contribution >= 0.6 is 58.3 Å². The summed E-state index contributed by atoms with van der Waals surface area (Å²) in [4.78, 5) is 14.6. The summed E-state index contributed by atoms with van der Waals surface area (Å²) in [5, 5.41) is -0.569. The number of hydrogen-bond donors (Lipinski definition) is 0. The zero-order chi connectivity index (χ0) is 10.9. The Kier molecular flexibility index (Phi) is 4.10. The second-order valence-corrected chi connectivity index (χ2v) is 3.69. The lowest BCUT2D eigenvalue weighted by molar-refractivity contribution is 0.0751. The van der Waals surface area contributed by atoms with E-state index in [2.05, 4.69) is 9.27 Å². The van der Waals surface area contributed by atoms with Crippen LogP contribution in [0.2, 0.25) is 20.4 Å². The Morgan fingerprint density at radius 2 is 1.64 bits per heavy atom. The summed E-state index contributed by atoms with van der Waals surface area (Å²) in [5.41, 5.74) is -0.224. The van der Waals surface area contributed by atoms with E-state index in [1.54, 1.807) is 0 Å². The maximum Gasteiger partial charge on any atom is 0.360 e. The summed E-state index contributed by atoms with van der Waals surface area (Å²) in [6.07, 6.45) is 0. The van der Waals surface area contributed by atoms with Crippen LogP contribution < -0.4 is 0 Å². The van der Waals surface area contributed by atoms with Gasteiger partial charge in [-0.3, -0.25) is 0 Å². The first kappa shape index (κ1) is 12.1. The van der Waals surface area contributed by atoms with Crippen molar-refractivity contribution in [3.8, 4) is 0 Å². The van der Waals surface area contributed by atoms with Crippen LogP contribution in [0.5, 0.6) is 0 Å². The van der Waals surface area contributed by atoms with Crippen LogP contribution in [0.3, 0.4) is 0 Å². The SMILES string of the molecule is O=C(OCl)c1c(Cl)nc(Cl)c(Cl)c1Cl. The molecule has 1 aromatic heterocycles. The van der Waals surface area contributed by atoms with E-state index in [0.29, 0.717) is 0 Å². The van der Waals surface area contributed by atoms with Crippen molar-refractivity contribution in [3.63, 3.8) is 0 Å². The fraction of sp³-hybridized carbons (Fsp3) is 0. The van der Waals surface area contributed by atoms with Crippen LogP contribution in [-0.4, -0.2) is 11.0 Å². The Hall–Kier alpha value is 0.0700. The molecule has 0 aliphatic carbocycles. The number of nitrogens with zero attached hydrogens (tertiary/aromatic N) is 1. The molecule has 0 saturated carbocycles. The third-order valence-electron chi connectivity index (χ3n) is 1.27. The Morgan fingerprint density at radius 3 is 2.14 bits per heavy atom. The van der Waals surface area contributed by atoms with E-state index >= 15 is 0 Å². The zero-order valence-electron chi connectivity index (χ0n) is 6.15. The molecule has 0 N–H and O–H groups in total. The van der Waals surface area contributed by atoms with Gasteiger partial charge in [0.2, 0.25) is 0 Å². The first-order valence-electron chi connectivity index (χ1n) is 3.02. The molecule has 1 heterocycles. The summed E-state index contributed by atoms with van der Waals surface area (Å²) in [6, 6.07) is 0. The minimum atomic E-state index is -0.951. The van der Waals surface area contributed by atoms with Gasteiger partial charge in [-0.1, -0.05) is 46.4 Å². The summed E-state index contributed by atoms with van der Waals surface area (Å²) in [6.45, 7) is 0. The lowest BCUT2D eigenvalue weighted by Crippen LogP contribution is -2.02. The van der Waals surface area contributed by atoms with Crippen LogP contribution in [0.4, 0.5) is 0 Å². The quantitative estimate of drug-likeness (QED) is 0.735. The molecule has 0 aliphatic rings. The predicted molar refractivity (Wildman–Crippen MR) is 55.5 cm³/mol. The van der Waals surface area contributed by atoms with E-state index in [1.807, 2.05) is 0 Å². The first-order valence-corrected chi connectivity index (χ1v) is 4.84. The van der Waals surface area contributed by atoms with Crippen LogP contribution in [0.15, 0.2) is 0 Å². The second-order valence-electron chi connectivity index (χ2n) is 2.06. The number of pyridine rings is 1. The average Bonchev–Trinajstić information content (AvgIpc) is 2.14. The van der Waals surface area contributed by atoms with E-state index in [-0.39, 0.29) is 25.9 Å². The van der Waals surface area contributed by atoms with E-state index in [0.717, 1.165) is 0 Å². The van der Waals surface area contributed by atoms with Gasteiger partial charge in [0, 0.05) is 0 Å². The van der Waals surface area contributed by atoms with Crippen LogP contribution in [-0.2, 0) is 4.29 Å². The molecule has 0 fully saturated rings. The van der Waals surface area contributed by atoms with Crippen LogP contribution in [0.1, 0.15) is 10.4 Å². The van der Waals surface area contributed by atoms with Crippen LogP contribution in [0, 0.1) is 0 Å². The molecule has 0 saturated heterocycles. The highest BCUT2D eigenvalue weighted by Gasteiger charge is 2.22. The summed E-state index contributed by atoms with van der Waals surface area (Å²) in [7, 11) is 0. The molecule has 0 unspecified atom stereocenters. The number of halogens is 5. The highest BCUT2D eigenvalue weighted by atomic mass is 35.5. The fourth-order valence-electron chi connectivity index (χ4n) is 0.694. The highest BCUT2D eigenvalue weighted by Crippen LogP contribution is 2.35. The Morgan fingerprint density at radius 1 is 1.07 bits per heavy atom. The number of hydrogen-bond acceptors (Lipinski definition) is 3. The molecular weight excluding hydrogens is 295 g/mol. The predicted octanol–water partition coefficient (Wildman–Crippen LogP) is 4.01. The second kappa shape index (κ2) is 4.73. The van der Waals surface area contributed by atoms with Gasteiger partial charge < -0.3 is 4.29 Å². The van der Waals surface area contributed by atoms with Gasteiger partial charge in [0.05, 0.1) is 10.0 Å². The van der Waals surface area contributed by atoms with Gasteiger partial charge in [0.1, 0.15) is 22.6 Å². The molecule has 76 valence electrons. The molecule has 0 amide bonds. The smallest absolute Gasteiger partial charge is 0.343 e. The molecule has 3 nitrogen and oxygen atoms in total. The number of aromatic nitrogens is 1. The van der Waals surface area contributed by atoms with Gasteiger partial charge in [-0.25, -0.2) is 9.78 Å². The monoisotopic (exact) mass is 293 g/mol. The topological polar surface area (TPSA) is 39.2 Å². The maximum absolute atomic E-state index is 11.1. The molecule has 8 heteroatoms. The molecule has 0 radical (unpaired) electrons. The first-order chi connectivity index (χ1) is 6.49. The van der Waals surface area contributed by atoms with Gasteiger partial charge in [-0.05, 0) is 0 Å². The zero-order valence-corrected chi connectivity index (χ0v) is 9.93. The Balaban J connectivity index is 3.44. The normalized spacial score (nSPS) is 10.1. The van der Waals surface area contributed by atoms with Crippen molar-refractivity contribution in [3.05, 3.63) is 25.9 Å². The van der Waals surface area contributed by atoms with Gasteiger partial charge in [0.25, 0.3) is 0 Å². The summed E-state index contributed by atoms with van der Waals surface area (Å²) >= 11 is 27.3. The van der Waals surface area contributed by atoms with E-state index in [4.69, 9.17) is 58.3 Å². The van der Waals surface area contributed by atoms with Gasteiger partial charge in [0.15, 0.2) is 5.15 Å². The number of carbonyl (C=O) groups is 1. The third-order valence-corrected chi connectivity index (χ3v) is 2.90. The van der Waals surface area contributed by atoms with Crippen molar-refractivity contribution in [1.82, 2.24) is 4.98 Å². The Labute approximate surface area is 104 Å². The fourth-order valence-corrected chi connectivity index (χ4v) is 1.74. The molecule has 0 aliphatic heterocycles. The van der Waals surface area contributed by atoms with E-state index in [1.165, 1.54) is 0 Å². The van der Waals surface area contributed by atoms with Crippen molar-refractivity contribution < 1.29 is 9.08 Å². The molecule has 0 aromatic carbocycles. The molecular formula is C6Cl5NO2. The van der Waals surface area contributed by atoms with Crippen molar-refractivity contribution in [2.45, 2.75) is 0 Å². The van der Waals surface area contributed by atoms with Gasteiger partial charge >= 0.3 is 5.97 Å². The maximum atomic E-state index is 11.1. The standard InChI is InChI=1S/C6Cl5NO2/c7-2-1(6(13)14-11)4(9)12-5(10)3(2)8. The van der Waals surface area contributed by atoms with E-state index in [9.17, 15) is 4.79 Å². The van der Waals surface area contributed by atoms with Crippen molar-refractivity contribution in [2.24, 2.45) is 0 Å². The average molecular weight is 295 g/mol. The lowest BCUT2D eigenvalue weighted by atomic mass is 10.3.